The minimum atomic E-state index is 0.665. The molecule has 262 valence electrons. The van der Waals surface area contributed by atoms with Crippen LogP contribution in [0.3, 0.4) is 0 Å². The van der Waals surface area contributed by atoms with Crippen LogP contribution in [-0.4, -0.2) is 19.9 Å². The molecule has 0 bridgehead atoms. The summed E-state index contributed by atoms with van der Waals surface area (Å²) in [5.41, 5.74) is 13.1. The zero-order chi connectivity index (χ0) is 37.3. The molecular weight excluding hydrogens is 657 g/mol. The SMILES string of the molecule is C/C=C\C(=C/C)c1nc(-c2cccc(-c3cc(-c4ccc(-c5ccccc5)cc4)nc(-c4ccc(-c5ccccc5)cc4)n3)c2)nc2ccccc12.CC. The maximum absolute atomic E-state index is 5.16. The fraction of sp³-hybridized carbons (Fsp3) is 0.0800. The van der Waals surface area contributed by atoms with Crippen LogP contribution in [-0.2, 0) is 0 Å². The van der Waals surface area contributed by atoms with Gasteiger partial charge in [-0.05, 0) is 59.9 Å². The van der Waals surface area contributed by atoms with Crippen LogP contribution in [0.15, 0.2) is 182 Å². The van der Waals surface area contributed by atoms with Crippen molar-refractivity contribution in [2.75, 3.05) is 0 Å². The maximum Gasteiger partial charge on any atom is 0.160 e. The molecule has 0 atom stereocenters. The third kappa shape index (κ3) is 7.69. The van der Waals surface area contributed by atoms with Gasteiger partial charge in [-0.2, -0.15) is 0 Å². The first-order valence-corrected chi connectivity index (χ1v) is 18.5. The zero-order valence-electron chi connectivity index (χ0n) is 31.1. The fourth-order valence-electron chi connectivity index (χ4n) is 6.51. The summed E-state index contributed by atoms with van der Waals surface area (Å²) in [7, 11) is 0. The van der Waals surface area contributed by atoms with E-state index in [-0.39, 0.29) is 0 Å². The Labute approximate surface area is 318 Å². The summed E-state index contributed by atoms with van der Waals surface area (Å²) in [6.07, 6.45) is 6.23. The second-order valence-corrected chi connectivity index (χ2v) is 12.6. The van der Waals surface area contributed by atoms with Gasteiger partial charge in [0, 0.05) is 27.6 Å². The third-order valence-corrected chi connectivity index (χ3v) is 9.21. The first kappa shape index (κ1) is 35.6. The second kappa shape index (κ2) is 16.7. The van der Waals surface area contributed by atoms with Crippen molar-refractivity contribution in [3.63, 3.8) is 0 Å². The maximum atomic E-state index is 5.16. The molecule has 54 heavy (non-hydrogen) atoms. The van der Waals surface area contributed by atoms with Crippen molar-refractivity contribution in [3.05, 3.63) is 188 Å². The molecule has 0 saturated carbocycles. The molecule has 8 aromatic rings. The van der Waals surface area contributed by atoms with Crippen molar-refractivity contribution in [1.29, 1.82) is 0 Å². The highest BCUT2D eigenvalue weighted by atomic mass is 14.9. The van der Waals surface area contributed by atoms with Gasteiger partial charge in [0.05, 0.1) is 22.6 Å². The minimum absolute atomic E-state index is 0.665. The van der Waals surface area contributed by atoms with E-state index in [0.717, 1.165) is 66.9 Å². The molecular formula is C50H42N4. The lowest BCUT2D eigenvalue weighted by Gasteiger charge is -2.12. The molecule has 2 heterocycles. The van der Waals surface area contributed by atoms with Crippen molar-refractivity contribution in [2.45, 2.75) is 27.7 Å². The highest BCUT2D eigenvalue weighted by Crippen LogP contribution is 2.33. The quantitative estimate of drug-likeness (QED) is 0.148. The van der Waals surface area contributed by atoms with Crippen LogP contribution in [0.2, 0.25) is 0 Å². The molecule has 0 aliphatic heterocycles. The van der Waals surface area contributed by atoms with Gasteiger partial charge in [0.1, 0.15) is 0 Å². The summed E-state index contributed by atoms with van der Waals surface area (Å²) >= 11 is 0. The predicted molar refractivity (Wildman–Crippen MR) is 228 cm³/mol. The van der Waals surface area contributed by atoms with Gasteiger partial charge in [0.25, 0.3) is 0 Å². The summed E-state index contributed by atoms with van der Waals surface area (Å²) in [5, 5.41) is 1.02. The van der Waals surface area contributed by atoms with Gasteiger partial charge in [0.2, 0.25) is 0 Å². The van der Waals surface area contributed by atoms with E-state index in [0.29, 0.717) is 11.6 Å². The molecule has 6 aromatic carbocycles. The topological polar surface area (TPSA) is 51.6 Å². The summed E-state index contributed by atoms with van der Waals surface area (Å²) in [6.45, 7) is 8.07. The number of para-hydroxylation sites is 1. The van der Waals surface area contributed by atoms with Crippen molar-refractivity contribution in [3.8, 4) is 67.5 Å². The summed E-state index contributed by atoms with van der Waals surface area (Å²) < 4.78 is 0. The Morgan fingerprint density at radius 2 is 0.889 bits per heavy atom. The number of allylic oxidation sites excluding steroid dienone is 4. The molecule has 4 heteroatoms. The predicted octanol–water partition coefficient (Wildman–Crippen LogP) is 13.4. The number of hydrogen-bond acceptors (Lipinski definition) is 4. The molecule has 0 aliphatic rings. The Bertz CT molecular complexity index is 2450. The van der Waals surface area contributed by atoms with Gasteiger partial charge < -0.3 is 0 Å². The molecule has 8 rings (SSSR count). The largest absolute Gasteiger partial charge is 0.228 e. The molecule has 0 aliphatic carbocycles. The Morgan fingerprint density at radius 3 is 1.50 bits per heavy atom. The molecule has 0 N–H and O–H groups in total. The molecule has 2 aromatic heterocycles. The first-order valence-electron chi connectivity index (χ1n) is 18.5. The zero-order valence-corrected chi connectivity index (χ0v) is 31.1. The molecule has 4 nitrogen and oxygen atoms in total. The van der Waals surface area contributed by atoms with E-state index in [9.17, 15) is 0 Å². The van der Waals surface area contributed by atoms with Crippen LogP contribution < -0.4 is 0 Å². The van der Waals surface area contributed by atoms with E-state index in [1.807, 2.05) is 64.1 Å². The van der Waals surface area contributed by atoms with Crippen molar-refractivity contribution in [2.24, 2.45) is 0 Å². The lowest BCUT2D eigenvalue weighted by atomic mass is 10.0. The van der Waals surface area contributed by atoms with Crippen LogP contribution in [0, 0.1) is 0 Å². The number of fused-ring (bicyclic) bond motifs is 1. The van der Waals surface area contributed by atoms with Crippen LogP contribution in [0.1, 0.15) is 33.4 Å². The van der Waals surface area contributed by atoms with Gasteiger partial charge in [-0.15, -0.1) is 0 Å². The van der Waals surface area contributed by atoms with Gasteiger partial charge in [0.15, 0.2) is 11.6 Å². The Hall–Kier alpha value is -6.78. The van der Waals surface area contributed by atoms with E-state index in [2.05, 4.69) is 146 Å². The summed E-state index contributed by atoms with van der Waals surface area (Å²) in [6, 6.07) is 56.5. The van der Waals surface area contributed by atoms with Crippen LogP contribution >= 0.6 is 0 Å². The molecule has 0 radical (unpaired) electrons. The monoisotopic (exact) mass is 698 g/mol. The van der Waals surface area contributed by atoms with Crippen LogP contribution in [0.5, 0.6) is 0 Å². The van der Waals surface area contributed by atoms with Crippen LogP contribution in [0.4, 0.5) is 0 Å². The standard InChI is InChI=1S/C48H36N4.C2H6/c1-3-14-33(4-2)46-42-21-11-12-22-43(42)49-48(52-46)41-20-13-19-40(31-41)45-32-44(38-27-23-36(24-28-38)34-15-7-5-8-16-34)50-47(51-45)39-29-25-37(26-30-39)35-17-9-6-10-18-35;1-2/h3-32H,1-2H3;1-2H3/b14-3-,33-4+;. The van der Waals surface area contributed by atoms with Gasteiger partial charge in [-0.3, -0.25) is 0 Å². The Balaban J connectivity index is 0.00000221. The molecule has 0 unspecified atom stereocenters. The minimum Gasteiger partial charge on any atom is -0.228 e. The normalized spacial score (nSPS) is 11.4. The highest BCUT2D eigenvalue weighted by molar-refractivity contribution is 5.93. The van der Waals surface area contributed by atoms with Gasteiger partial charge in [-0.1, -0.05) is 178 Å². The smallest absolute Gasteiger partial charge is 0.160 e. The average molecular weight is 699 g/mol. The van der Waals surface area contributed by atoms with E-state index in [4.69, 9.17) is 19.9 Å². The number of rotatable bonds is 8. The van der Waals surface area contributed by atoms with E-state index >= 15 is 0 Å². The lowest BCUT2D eigenvalue weighted by molar-refractivity contribution is 1.18. The number of nitrogens with zero attached hydrogens (tertiary/aromatic N) is 4. The molecule has 0 spiro atoms. The van der Waals surface area contributed by atoms with Gasteiger partial charge >= 0.3 is 0 Å². The molecule has 0 saturated heterocycles. The van der Waals surface area contributed by atoms with Crippen molar-refractivity contribution >= 4 is 16.5 Å². The van der Waals surface area contributed by atoms with E-state index in [1.165, 1.54) is 11.1 Å². The van der Waals surface area contributed by atoms with Gasteiger partial charge in [-0.25, -0.2) is 19.9 Å². The lowest BCUT2D eigenvalue weighted by Crippen LogP contribution is -1.98. The first-order chi connectivity index (χ1) is 26.7. The number of benzene rings is 6. The van der Waals surface area contributed by atoms with Crippen LogP contribution in [0.25, 0.3) is 84.0 Å². The van der Waals surface area contributed by atoms with E-state index in [1.54, 1.807) is 0 Å². The van der Waals surface area contributed by atoms with E-state index < -0.39 is 0 Å². The van der Waals surface area contributed by atoms with Crippen molar-refractivity contribution in [1.82, 2.24) is 19.9 Å². The number of hydrogen-bond donors (Lipinski definition) is 0. The molecule has 0 amide bonds. The third-order valence-electron chi connectivity index (χ3n) is 9.21. The fourth-order valence-corrected chi connectivity index (χ4v) is 6.51. The van der Waals surface area contributed by atoms with Crippen molar-refractivity contribution < 1.29 is 0 Å². The highest BCUT2D eigenvalue weighted by Gasteiger charge is 2.15. The summed E-state index contributed by atoms with van der Waals surface area (Å²) in [4.78, 5) is 20.4. The molecule has 0 fully saturated rings. The Morgan fingerprint density at radius 1 is 0.407 bits per heavy atom. The number of aromatic nitrogens is 4. The average Bonchev–Trinajstić information content (AvgIpc) is 3.26. The second-order valence-electron chi connectivity index (χ2n) is 12.6. The Kier molecular flexibility index (Phi) is 11.0. The summed E-state index contributed by atoms with van der Waals surface area (Å²) in [5.74, 6) is 1.33.